The molecule has 0 fully saturated rings. The van der Waals surface area contributed by atoms with E-state index in [1.165, 1.54) is 17.2 Å². The molecule has 0 spiro atoms. The van der Waals surface area contributed by atoms with Crippen LogP contribution in [0.1, 0.15) is 37.5 Å². The van der Waals surface area contributed by atoms with Gasteiger partial charge in [0.1, 0.15) is 5.75 Å². The molecule has 3 nitrogen and oxygen atoms in total. The summed E-state index contributed by atoms with van der Waals surface area (Å²) in [5.74, 6) is -0.372. The Morgan fingerprint density at radius 3 is 2.00 bits per heavy atom. The standard InChI is InChI=1S/C18H22O3/c1-4-11-8-7-9-14(12(11)5-2)15-10-16(19)18(21)13(6-3)17(15)20/h7-10,19-21H,4-6H2,1-3H3. The highest BCUT2D eigenvalue weighted by atomic mass is 16.3. The van der Waals surface area contributed by atoms with E-state index < -0.39 is 0 Å². The molecular formula is C18H22O3. The van der Waals surface area contributed by atoms with E-state index in [4.69, 9.17) is 0 Å². The van der Waals surface area contributed by atoms with Crippen LogP contribution in [0.4, 0.5) is 0 Å². The van der Waals surface area contributed by atoms with Gasteiger partial charge in [-0.1, -0.05) is 39.0 Å². The van der Waals surface area contributed by atoms with Crippen LogP contribution in [-0.4, -0.2) is 15.3 Å². The van der Waals surface area contributed by atoms with Gasteiger partial charge in [-0.05, 0) is 42.0 Å². The second-order valence-corrected chi connectivity index (χ2v) is 5.12. The van der Waals surface area contributed by atoms with Crippen LogP contribution in [0.25, 0.3) is 11.1 Å². The lowest BCUT2D eigenvalue weighted by atomic mass is 9.90. The topological polar surface area (TPSA) is 60.7 Å². The molecule has 2 rings (SSSR count). The minimum Gasteiger partial charge on any atom is -0.507 e. The number of rotatable bonds is 4. The summed E-state index contributed by atoms with van der Waals surface area (Å²) in [4.78, 5) is 0. The van der Waals surface area contributed by atoms with Crippen LogP contribution in [0.3, 0.4) is 0 Å². The first-order valence-electron chi connectivity index (χ1n) is 7.42. The van der Waals surface area contributed by atoms with Gasteiger partial charge < -0.3 is 15.3 Å². The molecule has 112 valence electrons. The van der Waals surface area contributed by atoms with Crippen LogP contribution in [0.2, 0.25) is 0 Å². The first-order valence-corrected chi connectivity index (χ1v) is 7.42. The zero-order valence-electron chi connectivity index (χ0n) is 12.8. The monoisotopic (exact) mass is 286 g/mol. The Hall–Kier alpha value is -2.16. The van der Waals surface area contributed by atoms with Crippen molar-refractivity contribution in [3.05, 3.63) is 41.0 Å². The number of aromatic hydroxyl groups is 3. The summed E-state index contributed by atoms with van der Waals surface area (Å²) in [5, 5.41) is 30.3. The normalized spacial score (nSPS) is 10.8. The SMILES string of the molecule is CCc1cccc(-c2cc(O)c(O)c(CC)c2O)c1CC. The zero-order valence-corrected chi connectivity index (χ0v) is 12.8. The maximum atomic E-state index is 10.5. The Labute approximate surface area is 125 Å². The maximum Gasteiger partial charge on any atom is 0.164 e. The number of aryl methyl sites for hydroxylation is 1. The van der Waals surface area contributed by atoms with E-state index in [1.54, 1.807) is 0 Å². The largest absolute Gasteiger partial charge is 0.507 e. The highest BCUT2D eigenvalue weighted by Crippen LogP contribution is 2.44. The van der Waals surface area contributed by atoms with Gasteiger partial charge in [0.25, 0.3) is 0 Å². The Morgan fingerprint density at radius 2 is 1.43 bits per heavy atom. The van der Waals surface area contributed by atoms with Crippen LogP contribution >= 0.6 is 0 Å². The van der Waals surface area contributed by atoms with Gasteiger partial charge >= 0.3 is 0 Å². The van der Waals surface area contributed by atoms with Crippen molar-refractivity contribution < 1.29 is 15.3 Å². The van der Waals surface area contributed by atoms with E-state index in [2.05, 4.69) is 19.9 Å². The van der Waals surface area contributed by atoms with Gasteiger partial charge in [-0.2, -0.15) is 0 Å². The summed E-state index contributed by atoms with van der Waals surface area (Å²) in [7, 11) is 0. The van der Waals surface area contributed by atoms with Gasteiger partial charge in [-0.3, -0.25) is 0 Å². The van der Waals surface area contributed by atoms with Crippen molar-refractivity contribution >= 4 is 0 Å². The molecule has 21 heavy (non-hydrogen) atoms. The van der Waals surface area contributed by atoms with Gasteiger partial charge in [0.2, 0.25) is 0 Å². The number of hydrogen-bond donors (Lipinski definition) is 3. The molecule has 0 unspecified atom stereocenters. The third-order valence-corrected chi connectivity index (χ3v) is 4.00. The number of benzene rings is 2. The van der Waals surface area contributed by atoms with Crippen LogP contribution < -0.4 is 0 Å². The number of phenols is 3. The van der Waals surface area contributed by atoms with Gasteiger partial charge in [0.05, 0.1) is 0 Å². The Balaban J connectivity index is 2.76. The summed E-state index contributed by atoms with van der Waals surface area (Å²) >= 11 is 0. The predicted molar refractivity (Wildman–Crippen MR) is 85.0 cm³/mol. The molecular weight excluding hydrogens is 264 g/mol. The van der Waals surface area contributed by atoms with Gasteiger partial charge in [0.15, 0.2) is 11.5 Å². The van der Waals surface area contributed by atoms with Gasteiger partial charge in [0, 0.05) is 11.1 Å². The summed E-state index contributed by atoms with van der Waals surface area (Å²) in [6.45, 7) is 6.02. The molecule has 0 aromatic heterocycles. The molecule has 0 aliphatic rings. The van der Waals surface area contributed by atoms with Crippen molar-refractivity contribution in [2.24, 2.45) is 0 Å². The lowest BCUT2D eigenvalue weighted by molar-refractivity contribution is 0.391. The van der Waals surface area contributed by atoms with Gasteiger partial charge in [-0.25, -0.2) is 0 Å². The first kappa shape index (κ1) is 15.2. The van der Waals surface area contributed by atoms with E-state index in [-0.39, 0.29) is 17.2 Å². The van der Waals surface area contributed by atoms with Crippen LogP contribution in [0, 0.1) is 0 Å². The smallest absolute Gasteiger partial charge is 0.164 e. The quantitative estimate of drug-likeness (QED) is 0.584. The lowest BCUT2D eigenvalue weighted by Crippen LogP contribution is -1.96. The minimum atomic E-state index is -0.233. The fourth-order valence-corrected chi connectivity index (χ4v) is 2.88. The molecule has 0 atom stereocenters. The minimum absolute atomic E-state index is 0.0516. The molecule has 0 aliphatic carbocycles. The third kappa shape index (κ3) is 2.56. The van der Waals surface area contributed by atoms with E-state index >= 15 is 0 Å². The molecule has 0 saturated heterocycles. The fraction of sp³-hybridized carbons (Fsp3) is 0.333. The van der Waals surface area contributed by atoms with E-state index in [0.717, 1.165) is 18.4 Å². The van der Waals surface area contributed by atoms with Crippen molar-refractivity contribution in [3.63, 3.8) is 0 Å². The summed E-state index contributed by atoms with van der Waals surface area (Å²) in [6.07, 6.45) is 2.22. The van der Waals surface area contributed by atoms with Crippen LogP contribution in [0.5, 0.6) is 17.2 Å². The molecule has 3 heteroatoms. The Kier molecular flexibility index (Phi) is 4.41. The average Bonchev–Trinajstić information content (AvgIpc) is 2.50. The summed E-state index contributed by atoms with van der Waals surface area (Å²) < 4.78 is 0. The number of phenolic OH excluding ortho intramolecular Hbond substituents is 3. The number of hydrogen-bond acceptors (Lipinski definition) is 3. The highest BCUT2D eigenvalue weighted by molar-refractivity contribution is 5.79. The Morgan fingerprint density at radius 1 is 0.762 bits per heavy atom. The van der Waals surface area contributed by atoms with E-state index in [0.29, 0.717) is 17.5 Å². The third-order valence-electron chi connectivity index (χ3n) is 4.00. The van der Waals surface area contributed by atoms with Crippen LogP contribution in [0.15, 0.2) is 24.3 Å². The maximum absolute atomic E-state index is 10.5. The molecule has 0 radical (unpaired) electrons. The second-order valence-electron chi connectivity index (χ2n) is 5.12. The van der Waals surface area contributed by atoms with Crippen molar-refractivity contribution in [2.45, 2.75) is 40.0 Å². The summed E-state index contributed by atoms with van der Waals surface area (Å²) in [5.41, 5.74) is 4.28. The van der Waals surface area contributed by atoms with Crippen molar-refractivity contribution in [1.82, 2.24) is 0 Å². The van der Waals surface area contributed by atoms with Crippen molar-refractivity contribution in [1.29, 1.82) is 0 Å². The zero-order chi connectivity index (χ0) is 15.6. The molecule has 2 aromatic rings. The average molecular weight is 286 g/mol. The molecule has 0 heterocycles. The Bertz CT molecular complexity index is 660. The first-order chi connectivity index (χ1) is 10.0. The highest BCUT2D eigenvalue weighted by Gasteiger charge is 2.19. The molecule has 0 bridgehead atoms. The molecule has 2 aromatic carbocycles. The van der Waals surface area contributed by atoms with Crippen molar-refractivity contribution in [2.75, 3.05) is 0 Å². The molecule has 3 N–H and O–H groups in total. The van der Waals surface area contributed by atoms with Crippen LogP contribution in [-0.2, 0) is 19.3 Å². The molecule has 0 amide bonds. The van der Waals surface area contributed by atoms with E-state index in [9.17, 15) is 15.3 Å². The lowest BCUT2D eigenvalue weighted by Gasteiger charge is -2.17. The van der Waals surface area contributed by atoms with E-state index in [1.807, 2.05) is 19.1 Å². The van der Waals surface area contributed by atoms with Crippen molar-refractivity contribution in [3.8, 4) is 28.4 Å². The molecule has 0 aliphatic heterocycles. The second kappa shape index (κ2) is 6.08. The van der Waals surface area contributed by atoms with Gasteiger partial charge in [-0.15, -0.1) is 0 Å². The predicted octanol–water partition coefficient (Wildman–Crippen LogP) is 4.16. The summed E-state index contributed by atoms with van der Waals surface area (Å²) in [6, 6.07) is 7.43. The molecule has 0 saturated carbocycles. The fourth-order valence-electron chi connectivity index (χ4n) is 2.88.